The Bertz CT molecular complexity index is 980. The zero-order valence-corrected chi connectivity index (χ0v) is 24.6. The second-order valence-corrected chi connectivity index (χ2v) is 13.3. The minimum absolute atomic E-state index is 0.0864. The zero-order valence-electron chi connectivity index (χ0n) is 22.9. The molecule has 0 aromatic heterocycles. The third-order valence-electron chi connectivity index (χ3n) is 5.44. The number of hydrogen-bond acceptors (Lipinski definition) is 10. The predicted molar refractivity (Wildman–Crippen MR) is 147 cm³/mol. The molecule has 1 saturated heterocycles. The SMILES string of the molecule is CC(C)(C)OC(=O)CCC1NC(=O)C[C@@H]2/C=C/CCSSC[C@@H](NC1=O)C(=O)NC(C)(C)C(=O)NCC(=O)O2. The number of carbonyl (C=O) groups is 6. The van der Waals surface area contributed by atoms with Crippen LogP contribution in [-0.4, -0.2) is 82.9 Å². The van der Waals surface area contributed by atoms with E-state index in [1.165, 1.54) is 35.4 Å². The van der Waals surface area contributed by atoms with Crippen molar-refractivity contribution in [2.45, 2.75) is 89.6 Å². The number of nitrogens with one attached hydrogen (secondary N) is 4. The van der Waals surface area contributed by atoms with E-state index in [2.05, 4.69) is 21.3 Å². The Balaban J connectivity index is 2.41. The van der Waals surface area contributed by atoms with E-state index in [4.69, 9.17) is 9.47 Å². The second-order valence-electron chi connectivity index (χ2n) is 10.7. The lowest BCUT2D eigenvalue weighted by atomic mass is 10.0. The summed E-state index contributed by atoms with van der Waals surface area (Å²) in [7, 11) is 2.85. The van der Waals surface area contributed by atoms with Crippen LogP contribution in [0.15, 0.2) is 12.2 Å². The Labute approximate surface area is 236 Å². The number of ether oxygens (including phenoxy) is 2. The van der Waals surface area contributed by atoms with Gasteiger partial charge in [0.05, 0.1) is 6.42 Å². The van der Waals surface area contributed by atoms with Crippen LogP contribution in [0.5, 0.6) is 0 Å². The van der Waals surface area contributed by atoms with E-state index in [1.54, 1.807) is 32.9 Å². The summed E-state index contributed by atoms with van der Waals surface area (Å²) in [5.74, 6) is -2.99. The highest BCUT2D eigenvalue weighted by molar-refractivity contribution is 8.76. The molecule has 14 heteroatoms. The van der Waals surface area contributed by atoms with E-state index >= 15 is 0 Å². The van der Waals surface area contributed by atoms with Gasteiger partial charge in [-0.1, -0.05) is 27.7 Å². The van der Waals surface area contributed by atoms with Crippen molar-refractivity contribution in [1.82, 2.24) is 21.3 Å². The van der Waals surface area contributed by atoms with Crippen LogP contribution in [0.1, 0.15) is 60.3 Å². The van der Waals surface area contributed by atoms with E-state index < -0.39 is 71.4 Å². The highest BCUT2D eigenvalue weighted by Crippen LogP contribution is 2.24. The van der Waals surface area contributed by atoms with Crippen LogP contribution < -0.4 is 21.3 Å². The van der Waals surface area contributed by atoms with E-state index in [1.807, 2.05) is 0 Å². The van der Waals surface area contributed by atoms with Gasteiger partial charge in [-0.2, -0.15) is 0 Å². The molecule has 0 radical (unpaired) electrons. The maximum Gasteiger partial charge on any atom is 0.326 e. The van der Waals surface area contributed by atoms with Gasteiger partial charge < -0.3 is 30.7 Å². The average Bonchev–Trinajstić information content (AvgIpc) is 2.81. The number of esters is 2. The van der Waals surface area contributed by atoms with Crippen LogP contribution in [0.2, 0.25) is 0 Å². The molecule has 0 aliphatic carbocycles. The summed E-state index contributed by atoms with van der Waals surface area (Å²) in [6.07, 6.45) is 2.50. The summed E-state index contributed by atoms with van der Waals surface area (Å²) in [6, 6.07) is -2.22. The largest absolute Gasteiger partial charge is 0.460 e. The third kappa shape index (κ3) is 11.9. The topological polar surface area (TPSA) is 169 Å². The number of carbonyl (C=O) groups excluding carboxylic acids is 6. The van der Waals surface area contributed by atoms with Gasteiger partial charge in [-0.25, -0.2) is 0 Å². The van der Waals surface area contributed by atoms with Crippen molar-refractivity contribution >= 4 is 57.2 Å². The van der Waals surface area contributed by atoms with E-state index in [0.717, 1.165) is 0 Å². The fourth-order valence-electron chi connectivity index (χ4n) is 3.54. The molecule has 12 nitrogen and oxygen atoms in total. The van der Waals surface area contributed by atoms with Crippen molar-refractivity contribution in [2.24, 2.45) is 0 Å². The summed E-state index contributed by atoms with van der Waals surface area (Å²) in [4.78, 5) is 77.0. The summed E-state index contributed by atoms with van der Waals surface area (Å²) < 4.78 is 10.7. The highest BCUT2D eigenvalue weighted by atomic mass is 33.1. The molecule has 2 heterocycles. The van der Waals surface area contributed by atoms with E-state index in [0.29, 0.717) is 12.2 Å². The molecule has 0 saturated carbocycles. The van der Waals surface area contributed by atoms with Crippen molar-refractivity contribution < 1.29 is 38.2 Å². The molecule has 1 unspecified atom stereocenters. The van der Waals surface area contributed by atoms with Gasteiger partial charge in [0.25, 0.3) is 0 Å². The normalized spacial score (nSPS) is 26.6. The summed E-state index contributed by atoms with van der Waals surface area (Å²) in [5, 5.41) is 10.3. The number of hydrogen-bond donors (Lipinski definition) is 4. The average molecular weight is 587 g/mol. The lowest BCUT2D eigenvalue weighted by Gasteiger charge is -2.29. The fraction of sp³-hybridized carbons (Fsp3) is 0.680. The van der Waals surface area contributed by atoms with Crippen LogP contribution in [0.25, 0.3) is 0 Å². The van der Waals surface area contributed by atoms with Crippen LogP contribution in [-0.2, 0) is 38.2 Å². The lowest BCUT2D eigenvalue weighted by molar-refractivity contribution is -0.155. The van der Waals surface area contributed by atoms with Gasteiger partial charge in [0.1, 0.15) is 35.9 Å². The Hall–Kier alpha value is -2.74. The van der Waals surface area contributed by atoms with Gasteiger partial charge in [-0.05, 0) is 53.5 Å². The molecule has 39 heavy (non-hydrogen) atoms. The monoisotopic (exact) mass is 586 g/mol. The number of rotatable bonds is 3. The first-order valence-electron chi connectivity index (χ1n) is 12.7. The van der Waals surface area contributed by atoms with Crippen molar-refractivity contribution in [1.29, 1.82) is 0 Å². The zero-order chi connectivity index (χ0) is 29.2. The molecule has 2 bridgehead atoms. The molecule has 2 rings (SSSR count). The van der Waals surface area contributed by atoms with Crippen LogP contribution in [0.4, 0.5) is 0 Å². The van der Waals surface area contributed by atoms with Crippen molar-refractivity contribution in [3.63, 3.8) is 0 Å². The third-order valence-corrected chi connectivity index (χ3v) is 7.89. The van der Waals surface area contributed by atoms with Crippen molar-refractivity contribution in [3.8, 4) is 0 Å². The summed E-state index contributed by atoms with van der Waals surface area (Å²) in [6.45, 7) is 7.63. The number of amides is 4. The van der Waals surface area contributed by atoms with Gasteiger partial charge in [0.2, 0.25) is 23.6 Å². The molecular weight excluding hydrogens is 548 g/mol. The minimum atomic E-state index is -1.41. The Morgan fingerprint density at radius 3 is 2.51 bits per heavy atom. The Morgan fingerprint density at radius 2 is 1.82 bits per heavy atom. The maximum absolute atomic E-state index is 13.3. The quantitative estimate of drug-likeness (QED) is 0.210. The molecule has 2 aliphatic heterocycles. The standard InChI is InChI=1S/C25H38N4O8S2/c1-24(2,3)37-19(31)10-9-16-21(33)28-17-14-39-38-11-7-6-8-15(12-18(30)27-16)36-20(32)13-26-23(35)25(4,5)29-22(17)34/h6,8,15-17H,7,9-14H2,1-5H3,(H,26,35)(H,27,30)(H,28,33)(H,29,34)/b8-6+/t15-,16?,17+/m0/s1. The molecule has 3 atom stereocenters. The lowest BCUT2D eigenvalue weighted by Crippen LogP contribution is -2.61. The molecule has 0 spiro atoms. The van der Waals surface area contributed by atoms with Gasteiger partial charge in [-0.3, -0.25) is 28.8 Å². The highest BCUT2D eigenvalue weighted by Gasteiger charge is 2.35. The maximum atomic E-state index is 13.3. The van der Waals surface area contributed by atoms with E-state index in [-0.39, 0.29) is 25.0 Å². The molecule has 1 fully saturated rings. The molecule has 4 N–H and O–H groups in total. The first-order chi connectivity index (χ1) is 18.2. The number of fused-ring (bicyclic) bond motifs is 7. The Morgan fingerprint density at radius 1 is 1.10 bits per heavy atom. The molecule has 218 valence electrons. The Kier molecular flexibility index (Phi) is 12.1. The van der Waals surface area contributed by atoms with Gasteiger partial charge in [0, 0.05) is 17.9 Å². The first kappa shape index (κ1) is 32.5. The minimum Gasteiger partial charge on any atom is -0.460 e. The fourth-order valence-corrected chi connectivity index (χ4v) is 5.70. The summed E-state index contributed by atoms with van der Waals surface area (Å²) >= 11 is 0. The molecular formula is C25H38N4O8S2. The van der Waals surface area contributed by atoms with Crippen LogP contribution in [0, 0.1) is 0 Å². The summed E-state index contributed by atoms with van der Waals surface area (Å²) in [5.41, 5.74) is -2.14. The first-order valence-corrected chi connectivity index (χ1v) is 15.2. The number of allylic oxidation sites excluding steroid dienone is 1. The smallest absolute Gasteiger partial charge is 0.326 e. The molecule has 4 amide bonds. The molecule has 0 aromatic carbocycles. The van der Waals surface area contributed by atoms with E-state index in [9.17, 15) is 28.8 Å². The molecule has 2 aliphatic rings. The van der Waals surface area contributed by atoms with Crippen LogP contribution in [0.3, 0.4) is 0 Å². The molecule has 0 aromatic rings. The predicted octanol–water partition coefficient (Wildman–Crippen LogP) is 0.746. The van der Waals surface area contributed by atoms with Crippen molar-refractivity contribution in [3.05, 3.63) is 12.2 Å². The second kappa shape index (κ2) is 14.6. The van der Waals surface area contributed by atoms with Gasteiger partial charge in [-0.15, -0.1) is 0 Å². The van der Waals surface area contributed by atoms with Gasteiger partial charge in [0.15, 0.2) is 0 Å². The van der Waals surface area contributed by atoms with Crippen LogP contribution >= 0.6 is 21.6 Å². The van der Waals surface area contributed by atoms with Gasteiger partial charge >= 0.3 is 11.9 Å². The van der Waals surface area contributed by atoms with Crippen molar-refractivity contribution in [2.75, 3.05) is 18.1 Å².